The van der Waals surface area contributed by atoms with Gasteiger partial charge in [-0.05, 0) is 57.9 Å². The molecule has 2 aromatic heterocycles. The van der Waals surface area contributed by atoms with E-state index < -0.39 is 0 Å². The van der Waals surface area contributed by atoms with Crippen molar-refractivity contribution >= 4 is 16.8 Å². The number of aromatic nitrogens is 3. The molecule has 0 aliphatic carbocycles. The number of benzene rings is 1. The summed E-state index contributed by atoms with van der Waals surface area (Å²) in [7, 11) is 0. The fourth-order valence-electron chi connectivity index (χ4n) is 3.49. The molecule has 2 heterocycles. The van der Waals surface area contributed by atoms with Crippen molar-refractivity contribution in [2.75, 3.05) is 6.54 Å². The molecule has 1 aromatic carbocycles. The number of aryl methyl sites for hydroxylation is 5. The van der Waals surface area contributed by atoms with Gasteiger partial charge in [0.1, 0.15) is 0 Å². The zero-order valence-electron chi connectivity index (χ0n) is 15.7. The van der Waals surface area contributed by atoms with Crippen LogP contribution in [0.2, 0.25) is 0 Å². The molecule has 0 bridgehead atoms. The molecule has 132 valence electrons. The number of fused-ring (bicyclic) bond motifs is 1. The lowest BCUT2D eigenvalue weighted by Gasteiger charge is -2.08. The molecule has 25 heavy (non-hydrogen) atoms. The summed E-state index contributed by atoms with van der Waals surface area (Å²) < 4.78 is 1.93. The SMILES string of the molecule is Cc1cc(C)c2[nH]c(C)c(CC(=O)NCCn3nc(C)cc3C)c2c1. The molecule has 2 N–H and O–H groups in total. The van der Waals surface area contributed by atoms with Gasteiger partial charge in [0, 0.05) is 28.8 Å². The predicted octanol–water partition coefficient (Wildman–Crippen LogP) is 3.27. The summed E-state index contributed by atoms with van der Waals surface area (Å²) >= 11 is 0. The van der Waals surface area contributed by atoms with E-state index in [9.17, 15) is 4.79 Å². The van der Waals surface area contributed by atoms with Crippen LogP contribution >= 0.6 is 0 Å². The van der Waals surface area contributed by atoms with Crippen LogP contribution in [0.25, 0.3) is 10.9 Å². The molecule has 3 aromatic rings. The summed E-state index contributed by atoms with van der Waals surface area (Å²) in [6.07, 6.45) is 0.395. The van der Waals surface area contributed by atoms with Crippen molar-refractivity contribution in [3.05, 3.63) is 52.0 Å². The van der Waals surface area contributed by atoms with Crippen molar-refractivity contribution < 1.29 is 4.79 Å². The first-order valence-electron chi connectivity index (χ1n) is 8.71. The van der Waals surface area contributed by atoms with Gasteiger partial charge in [-0.15, -0.1) is 0 Å². The van der Waals surface area contributed by atoms with E-state index >= 15 is 0 Å². The topological polar surface area (TPSA) is 62.7 Å². The monoisotopic (exact) mass is 338 g/mol. The maximum Gasteiger partial charge on any atom is 0.224 e. The number of nitrogens with one attached hydrogen (secondary N) is 2. The van der Waals surface area contributed by atoms with Gasteiger partial charge in [-0.25, -0.2) is 0 Å². The largest absolute Gasteiger partial charge is 0.358 e. The van der Waals surface area contributed by atoms with Crippen LogP contribution in [0.1, 0.15) is 33.8 Å². The van der Waals surface area contributed by atoms with E-state index in [2.05, 4.69) is 41.4 Å². The van der Waals surface area contributed by atoms with Gasteiger partial charge >= 0.3 is 0 Å². The molecule has 0 saturated carbocycles. The number of hydrogen-bond donors (Lipinski definition) is 2. The van der Waals surface area contributed by atoms with Crippen molar-refractivity contribution in [1.82, 2.24) is 20.1 Å². The molecule has 5 heteroatoms. The number of H-pyrrole nitrogens is 1. The zero-order chi connectivity index (χ0) is 18.1. The Bertz CT molecular complexity index is 933. The van der Waals surface area contributed by atoms with Gasteiger partial charge in [0.2, 0.25) is 5.91 Å². The van der Waals surface area contributed by atoms with E-state index in [0.29, 0.717) is 19.5 Å². The van der Waals surface area contributed by atoms with Crippen LogP contribution in [-0.2, 0) is 17.8 Å². The van der Waals surface area contributed by atoms with Crippen LogP contribution in [0.4, 0.5) is 0 Å². The van der Waals surface area contributed by atoms with Gasteiger partial charge in [-0.2, -0.15) is 5.10 Å². The minimum absolute atomic E-state index is 0.0460. The number of carbonyl (C=O) groups excluding carboxylic acids is 1. The molecule has 0 spiro atoms. The highest BCUT2D eigenvalue weighted by atomic mass is 16.1. The Morgan fingerprint density at radius 2 is 1.92 bits per heavy atom. The van der Waals surface area contributed by atoms with Crippen LogP contribution < -0.4 is 5.32 Å². The molecular weight excluding hydrogens is 312 g/mol. The normalized spacial score (nSPS) is 11.2. The second-order valence-corrected chi connectivity index (χ2v) is 6.91. The molecule has 1 amide bonds. The highest BCUT2D eigenvalue weighted by Crippen LogP contribution is 2.26. The summed E-state index contributed by atoms with van der Waals surface area (Å²) in [6.45, 7) is 11.5. The molecule has 0 fully saturated rings. The molecule has 0 atom stereocenters. The molecule has 3 rings (SSSR count). The van der Waals surface area contributed by atoms with E-state index in [1.54, 1.807) is 0 Å². The van der Waals surface area contributed by atoms with E-state index in [1.165, 1.54) is 11.1 Å². The first-order valence-corrected chi connectivity index (χ1v) is 8.71. The van der Waals surface area contributed by atoms with E-state index in [4.69, 9.17) is 0 Å². The Morgan fingerprint density at radius 3 is 2.60 bits per heavy atom. The maximum atomic E-state index is 12.4. The molecule has 0 unspecified atom stereocenters. The number of nitrogens with zero attached hydrogens (tertiary/aromatic N) is 2. The highest BCUT2D eigenvalue weighted by Gasteiger charge is 2.14. The van der Waals surface area contributed by atoms with Crippen molar-refractivity contribution in [1.29, 1.82) is 0 Å². The Labute approximate surface area is 148 Å². The summed E-state index contributed by atoms with van der Waals surface area (Å²) in [6, 6.07) is 6.36. The lowest BCUT2D eigenvalue weighted by atomic mass is 10.0. The summed E-state index contributed by atoms with van der Waals surface area (Å²) in [4.78, 5) is 15.8. The third kappa shape index (κ3) is 3.60. The minimum Gasteiger partial charge on any atom is -0.358 e. The standard InChI is InChI=1S/C20H26N4O/c1-12-8-13(2)20-18(9-12)17(16(5)22-20)11-19(25)21-6-7-24-15(4)10-14(3)23-24/h8-10,22H,6-7,11H2,1-5H3,(H,21,25). The summed E-state index contributed by atoms with van der Waals surface area (Å²) in [5.74, 6) is 0.0460. The maximum absolute atomic E-state index is 12.4. The highest BCUT2D eigenvalue weighted by molar-refractivity contribution is 5.92. The molecule has 0 radical (unpaired) electrons. The van der Waals surface area contributed by atoms with E-state index in [-0.39, 0.29) is 5.91 Å². The third-order valence-corrected chi connectivity index (χ3v) is 4.66. The van der Waals surface area contributed by atoms with Gasteiger partial charge in [0.15, 0.2) is 0 Å². The lowest BCUT2D eigenvalue weighted by molar-refractivity contribution is -0.120. The quantitative estimate of drug-likeness (QED) is 0.750. The average molecular weight is 338 g/mol. The van der Waals surface area contributed by atoms with Gasteiger partial charge in [0.25, 0.3) is 0 Å². The third-order valence-electron chi connectivity index (χ3n) is 4.66. The molecule has 0 aliphatic heterocycles. The fraction of sp³-hybridized carbons (Fsp3) is 0.400. The van der Waals surface area contributed by atoms with Crippen LogP contribution in [-0.4, -0.2) is 27.2 Å². The van der Waals surface area contributed by atoms with Crippen molar-refractivity contribution in [2.24, 2.45) is 0 Å². The number of rotatable bonds is 5. The molecule has 5 nitrogen and oxygen atoms in total. The predicted molar refractivity (Wildman–Crippen MR) is 101 cm³/mol. The van der Waals surface area contributed by atoms with Gasteiger partial charge in [0.05, 0.1) is 18.7 Å². The second-order valence-electron chi connectivity index (χ2n) is 6.91. The number of carbonyl (C=O) groups is 1. The first-order chi connectivity index (χ1) is 11.8. The second kappa shape index (κ2) is 6.75. The molecule has 0 saturated heterocycles. The number of amides is 1. The molecular formula is C20H26N4O. The Kier molecular flexibility index (Phi) is 4.66. The number of aromatic amines is 1. The van der Waals surface area contributed by atoms with Crippen LogP contribution in [0, 0.1) is 34.6 Å². The smallest absolute Gasteiger partial charge is 0.224 e. The Morgan fingerprint density at radius 1 is 1.16 bits per heavy atom. The van der Waals surface area contributed by atoms with E-state index in [1.807, 2.05) is 31.5 Å². The van der Waals surface area contributed by atoms with E-state index in [0.717, 1.165) is 33.5 Å². The fourth-order valence-corrected chi connectivity index (χ4v) is 3.49. The summed E-state index contributed by atoms with van der Waals surface area (Å²) in [5, 5.41) is 8.59. The van der Waals surface area contributed by atoms with Gasteiger partial charge < -0.3 is 10.3 Å². The first kappa shape index (κ1) is 17.3. The van der Waals surface area contributed by atoms with Crippen LogP contribution in [0.3, 0.4) is 0 Å². The van der Waals surface area contributed by atoms with Gasteiger partial charge in [-0.1, -0.05) is 11.6 Å². The Balaban J connectivity index is 1.68. The summed E-state index contributed by atoms with van der Waals surface area (Å²) in [5.41, 5.74) is 7.84. The van der Waals surface area contributed by atoms with Crippen molar-refractivity contribution in [3.63, 3.8) is 0 Å². The average Bonchev–Trinajstić information content (AvgIpc) is 3.00. The van der Waals surface area contributed by atoms with Crippen molar-refractivity contribution in [2.45, 2.75) is 47.6 Å². The van der Waals surface area contributed by atoms with Gasteiger partial charge in [-0.3, -0.25) is 9.48 Å². The lowest BCUT2D eigenvalue weighted by Crippen LogP contribution is -2.29. The van der Waals surface area contributed by atoms with Crippen LogP contribution in [0.15, 0.2) is 18.2 Å². The minimum atomic E-state index is 0.0460. The van der Waals surface area contributed by atoms with Crippen molar-refractivity contribution in [3.8, 4) is 0 Å². The zero-order valence-corrected chi connectivity index (χ0v) is 15.7. The molecule has 0 aliphatic rings. The Hall–Kier alpha value is -2.56. The van der Waals surface area contributed by atoms with Crippen LogP contribution in [0.5, 0.6) is 0 Å². The number of hydrogen-bond acceptors (Lipinski definition) is 2.